The minimum Gasteiger partial charge on any atom is -0.351 e. The maximum Gasteiger partial charge on any atom is 0.233 e. The van der Waals surface area contributed by atoms with Gasteiger partial charge in [0.25, 0.3) is 0 Å². The Balaban J connectivity index is 2.06. The van der Waals surface area contributed by atoms with E-state index in [2.05, 4.69) is 20.8 Å². The van der Waals surface area contributed by atoms with Gasteiger partial charge in [0, 0.05) is 17.8 Å². The Labute approximate surface area is 170 Å². The number of hydrogen-bond acceptors (Lipinski definition) is 5. The summed E-state index contributed by atoms with van der Waals surface area (Å²) in [6, 6.07) is 7.63. The van der Waals surface area contributed by atoms with Gasteiger partial charge >= 0.3 is 0 Å². The lowest BCUT2D eigenvalue weighted by atomic mass is 10.1. The van der Waals surface area contributed by atoms with Crippen molar-refractivity contribution in [2.24, 2.45) is 0 Å². The number of rotatable bonds is 7. The number of aromatic nitrogens is 3. The maximum absolute atomic E-state index is 12.4. The number of nitrogens with one attached hydrogen (secondary N) is 2. The SMILES string of the molecule is CCn1c(CC(=O)Nc2ccccc2C)nnc1S[C@H](C)C(=O)NC(C)(C)C. The molecule has 152 valence electrons. The fourth-order valence-corrected chi connectivity index (χ4v) is 3.52. The minimum atomic E-state index is -0.317. The predicted octanol–water partition coefficient (Wildman–Crippen LogP) is 3.18. The molecule has 0 aliphatic rings. The summed E-state index contributed by atoms with van der Waals surface area (Å²) in [6.45, 7) is 12.2. The molecule has 0 aliphatic carbocycles. The van der Waals surface area contributed by atoms with Crippen molar-refractivity contribution in [2.75, 3.05) is 5.32 Å². The third-order valence-corrected chi connectivity index (χ3v) is 5.08. The zero-order valence-electron chi connectivity index (χ0n) is 17.4. The molecular formula is C20H29N5O2S. The van der Waals surface area contributed by atoms with Crippen LogP contribution in [0.4, 0.5) is 5.69 Å². The van der Waals surface area contributed by atoms with Gasteiger partial charge in [-0.05, 0) is 53.2 Å². The van der Waals surface area contributed by atoms with Crippen LogP contribution in [0.15, 0.2) is 29.4 Å². The van der Waals surface area contributed by atoms with E-state index in [0.717, 1.165) is 11.3 Å². The van der Waals surface area contributed by atoms with Gasteiger partial charge in [0.2, 0.25) is 11.8 Å². The highest BCUT2D eigenvalue weighted by Gasteiger charge is 2.23. The number of anilines is 1. The van der Waals surface area contributed by atoms with Gasteiger partial charge in [-0.3, -0.25) is 9.59 Å². The van der Waals surface area contributed by atoms with E-state index < -0.39 is 0 Å². The molecule has 0 saturated carbocycles. The molecule has 2 rings (SSSR count). The molecule has 1 aromatic carbocycles. The highest BCUT2D eigenvalue weighted by molar-refractivity contribution is 8.00. The van der Waals surface area contributed by atoms with E-state index in [1.807, 2.05) is 70.4 Å². The van der Waals surface area contributed by atoms with Crippen LogP contribution in [0.1, 0.15) is 46.0 Å². The first-order valence-corrected chi connectivity index (χ1v) is 10.2. The smallest absolute Gasteiger partial charge is 0.233 e. The minimum absolute atomic E-state index is 0.0537. The van der Waals surface area contributed by atoms with E-state index in [0.29, 0.717) is 17.5 Å². The number of hydrogen-bond donors (Lipinski definition) is 2. The molecule has 1 aromatic heterocycles. The van der Waals surface area contributed by atoms with Crippen molar-refractivity contribution in [1.82, 2.24) is 20.1 Å². The third kappa shape index (κ3) is 6.09. The van der Waals surface area contributed by atoms with Crippen molar-refractivity contribution < 1.29 is 9.59 Å². The summed E-state index contributed by atoms with van der Waals surface area (Å²) < 4.78 is 1.88. The van der Waals surface area contributed by atoms with Gasteiger partial charge in [-0.15, -0.1) is 10.2 Å². The van der Waals surface area contributed by atoms with E-state index in [9.17, 15) is 9.59 Å². The fourth-order valence-electron chi connectivity index (χ4n) is 2.59. The van der Waals surface area contributed by atoms with Crippen molar-refractivity contribution in [3.8, 4) is 0 Å². The van der Waals surface area contributed by atoms with Crippen LogP contribution in [-0.4, -0.2) is 37.4 Å². The van der Waals surface area contributed by atoms with Crippen molar-refractivity contribution in [3.63, 3.8) is 0 Å². The van der Waals surface area contributed by atoms with Crippen molar-refractivity contribution in [1.29, 1.82) is 0 Å². The molecule has 1 heterocycles. The molecule has 0 spiro atoms. The Kier molecular flexibility index (Phi) is 7.23. The number of carbonyl (C=O) groups excluding carboxylic acids is 2. The number of amides is 2. The standard InChI is InChI=1S/C20H29N5O2S/c1-7-25-16(12-17(26)21-15-11-9-8-10-13(15)2)23-24-19(25)28-14(3)18(27)22-20(4,5)6/h8-11,14H,7,12H2,1-6H3,(H,21,26)(H,22,27)/t14-/m1/s1. The van der Waals surface area contributed by atoms with Crippen LogP contribution in [0, 0.1) is 6.92 Å². The summed E-state index contributed by atoms with van der Waals surface area (Å²) in [6.07, 6.45) is 0.123. The Morgan fingerprint density at radius 3 is 2.50 bits per heavy atom. The summed E-state index contributed by atoms with van der Waals surface area (Å²) in [4.78, 5) is 24.8. The molecule has 28 heavy (non-hydrogen) atoms. The second-order valence-electron chi connectivity index (χ2n) is 7.68. The van der Waals surface area contributed by atoms with E-state index in [-0.39, 0.29) is 29.0 Å². The summed E-state index contributed by atoms with van der Waals surface area (Å²) >= 11 is 1.34. The van der Waals surface area contributed by atoms with Crippen LogP contribution in [0.5, 0.6) is 0 Å². The lowest BCUT2D eigenvalue weighted by Crippen LogP contribution is -2.44. The molecule has 0 radical (unpaired) electrons. The Morgan fingerprint density at radius 2 is 1.89 bits per heavy atom. The quantitative estimate of drug-likeness (QED) is 0.693. The first-order valence-electron chi connectivity index (χ1n) is 9.37. The molecule has 2 aromatic rings. The number of nitrogens with zero attached hydrogens (tertiary/aromatic N) is 3. The molecule has 7 nitrogen and oxygen atoms in total. The second kappa shape index (κ2) is 9.23. The number of aryl methyl sites for hydroxylation is 1. The van der Waals surface area contributed by atoms with Gasteiger partial charge in [-0.2, -0.15) is 0 Å². The highest BCUT2D eigenvalue weighted by Crippen LogP contribution is 2.23. The van der Waals surface area contributed by atoms with E-state index in [1.54, 1.807) is 0 Å². The summed E-state index contributed by atoms with van der Waals surface area (Å²) in [7, 11) is 0. The molecule has 0 bridgehead atoms. The molecule has 0 fully saturated rings. The van der Waals surface area contributed by atoms with E-state index in [1.165, 1.54) is 11.8 Å². The van der Waals surface area contributed by atoms with Crippen molar-refractivity contribution in [3.05, 3.63) is 35.7 Å². The number of para-hydroxylation sites is 1. The molecule has 2 N–H and O–H groups in total. The highest BCUT2D eigenvalue weighted by atomic mass is 32.2. The maximum atomic E-state index is 12.4. The molecule has 0 saturated heterocycles. The van der Waals surface area contributed by atoms with Gasteiger partial charge in [0.05, 0.1) is 11.7 Å². The largest absolute Gasteiger partial charge is 0.351 e. The Hall–Kier alpha value is -2.35. The monoisotopic (exact) mass is 403 g/mol. The van der Waals surface area contributed by atoms with Crippen molar-refractivity contribution >= 4 is 29.3 Å². The molecule has 2 amide bonds. The summed E-state index contributed by atoms with van der Waals surface area (Å²) in [5, 5.41) is 14.6. The van der Waals surface area contributed by atoms with Gasteiger partial charge in [-0.25, -0.2) is 0 Å². The summed E-state index contributed by atoms with van der Waals surface area (Å²) in [5.74, 6) is 0.382. The normalized spacial score (nSPS) is 12.5. The average Bonchev–Trinajstić information content (AvgIpc) is 2.96. The lowest BCUT2D eigenvalue weighted by molar-refractivity contribution is -0.121. The number of thioether (sulfide) groups is 1. The zero-order chi connectivity index (χ0) is 20.9. The van der Waals surface area contributed by atoms with E-state index in [4.69, 9.17) is 0 Å². The van der Waals surface area contributed by atoms with Crippen LogP contribution in [0.3, 0.4) is 0 Å². The zero-order valence-corrected chi connectivity index (χ0v) is 18.2. The molecular weight excluding hydrogens is 374 g/mol. The first kappa shape index (κ1) is 21.9. The Bertz CT molecular complexity index is 841. The van der Waals surface area contributed by atoms with Crippen LogP contribution in [0.2, 0.25) is 0 Å². The van der Waals surface area contributed by atoms with Gasteiger partial charge in [0.1, 0.15) is 5.82 Å². The van der Waals surface area contributed by atoms with E-state index >= 15 is 0 Å². The van der Waals surface area contributed by atoms with Crippen LogP contribution in [-0.2, 0) is 22.6 Å². The number of carbonyl (C=O) groups is 2. The predicted molar refractivity (Wildman–Crippen MR) is 112 cm³/mol. The molecule has 1 atom stereocenters. The van der Waals surface area contributed by atoms with Gasteiger partial charge in [-0.1, -0.05) is 30.0 Å². The topological polar surface area (TPSA) is 88.9 Å². The summed E-state index contributed by atoms with van der Waals surface area (Å²) in [5.41, 5.74) is 1.50. The molecule has 0 aliphatic heterocycles. The van der Waals surface area contributed by atoms with Crippen LogP contribution >= 0.6 is 11.8 Å². The van der Waals surface area contributed by atoms with Crippen LogP contribution in [0.25, 0.3) is 0 Å². The lowest BCUT2D eigenvalue weighted by Gasteiger charge is -2.22. The molecule has 8 heteroatoms. The second-order valence-corrected chi connectivity index (χ2v) is 8.99. The van der Waals surface area contributed by atoms with Gasteiger partial charge in [0.15, 0.2) is 5.16 Å². The average molecular weight is 404 g/mol. The Morgan fingerprint density at radius 1 is 1.21 bits per heavy atom. The number of benzene rings is 1. The first-order chi connectivity index (χ1) is 13.1. The van der Waals surface area contributed by atoms with Crippen molar-refractivity contribution in [2.45, 2.75) is 70.5 Å². The van der Waals surface area contributed by atoms with Gasteiger partial charge < -0.3 is 15.2 Å². The fraction of sp³-hybridized carbons (Fsp3) is 0.500. The molecule has 0 unspecified atom stereocenters. The van der Waals surface area contributed by atoms with Crippen LogP contribution < -0.4 is 10.6 Å². The third-order valence-electron chi connectivity index (χ3n) is 4.00.